The monoisotopic (exact) mass is 341 g/mol. The van der Waals surface area contributed by atoms with Gasteiger partial charge in [-0.05, 0) is 31.4 Å². The molecule has 6 heteroatoms. The molecule has 1 aliphatic rings. The van der Waals surface area contributed by atoms with Crippen LogP contribution in [0.5, 0.6) is 0 Å². The molecule has 1 saturated heterocycles. The smallest absolute Gasteiger partial charge is 0.248 e. The second-order valence-electron chi connectivity index (χ2n) is 5.55. The molecule has 128 valence electrons. The average molecular weight is 342 g/mol. The number of halogens is 1. The van der Waals surface area contributed by atoms with E-state index in [9.17, 15) is 4.79 Å². The molecule has 23 heavy (non-hydrogen) atoms. The Balaban J connectivity index is 1.54. The molecule has 1 aliphatic heterocycles. The molecule has 2 atom stereocenters. The number of carbonyl (C=O) groups is 1. The summed E-state index contributed by atoms with van der Waals surface area (Å²) in [6.07, 6.45) is 1.72. The summed E-state index contributed by atoms with van der Waals surface area (Å²) >= 11 is 6.04. The summed E-state index contributed by atoms with van der Waals surface area (Å²) in [7, 11) is 0. The zero-order chi connectivity index (χ0) is 16.5. The Bertz CT molecular complexity index is 491. The van der Waals surface area contributed by atoms with Gasteiger partial charge in [-0.15, -0.1) is 0 Å². The van der Waals surface area contributed by atoms with Crippen molar-refractivity contribution < 1.29 is 19.0 Å². The maximum Gasteiger partial charge on any atom is 0.248 e. The summed E-state index contributed by atoms with van der Waals surface area (Å²) < 4.78 is 16.5. The first-order valence-corrected chi connectivity index (χ1v) is 8.36. The van der Waals surface area contributed by atoms with Gasteiger partial charge in [0.1, 0.15) is 6.10 Å². The molecule has 0 bridgehead atoms. The average Bonchev–Trinajstić information content (AvgIpc) is 3.07. The maximum atomic E-state index is 11.9. The topological polar surface area (TPSA) is 56.8 Å². The minimum Gasteiger partial charge on any atom is -0.376 e. The Morgan fingerprint density at radius 1 is 1.48 bits per heavy atom. The highest BCUT2D eigenvalue weighted by molar-refractivity contribution is 6.31. The van der Waals surface area contributed by atoms with Crippen LogP contribution in [-0.2, 0) is 25.6 Å². The van der Waals surface area contributed by atoms with Crippen LogP contribution in [0.15, 0.2) is 24.3 Å². The lowest BCUT2D eigenvalue weighted by Gasteiger charge is -2.16. The number of hydrogen-bond donors (Lipinski definition) is 1. The van der Waals surface area contributed by atoms with E-state index in [0.29, 0.717) is 31.4 Å². The van der Waals surface area contributed by atoms with Crippen LogP contribution in [0.2, 0.25) is 5.02 Å². The van der Waals surface area contributed by atoms with Gasteiger partial charge in [-0.1, -0.05) is 29.8 Å². The van der Waals surface area contributed by atoms with Crippen LogP contribution >= 0.6 is 11.6 Å². The van der Waals surface area contributed by atoms with Crippen LogP contribution in [0.4, 0.5) is 0 Å². The van der Waals surface area contributed by atoms with Crippen LogP contribution < -0.4 is 5.32 Å². The van der Waals surface area contributed by atoms with Gasteiger partial charge in [0.2, 0.25) is 5.91 Å². The molecule has 0 aromatic heterocycles. The Kier molecular flexibility index (Phi) is 7.82. The third-order valence-electron chi connectivity index (χ3n) is 3.69. The van der Waals surface area contributed by atoms with Gasteiger partial charge in [-0.3, -0.25) is 4.79 Å². The Morgan fingerprint density at radius 2 is 2.30 bits per heavy atom. The van der Waals surface area contributed by atoms with Crippen molar-refractivity contribution in [3.8, 4) is 0 Å². The number of amides is 1. The minimum absolute atomic E-state index is 0.129. The molecule has 5 nitrogen and oxygen atoms in total. The van der Waals surface area contributed by atoms with Crippen molar-refractivity contribution in [2.75, 3.05) is 26.4 Å². The predicted molar refractivity (Wildman–Crippen MR) is 88.5 cm³/mol. The summed E-state index contributed by atoms with van der Waals surface area (Å²) in [5.41, 5.74) is 0.939. The molecule has 1 heterocycles. The molecule has 0 aliphatic carbocycles. The Hall–Kier alpha value is -1.14. The van der Waals surface area contributed by atoms with Crippen LogP contribution in [0.3, 0.4) is 0 Å². The van der Waals surface area contributed by atoms with Crippen molar-refractivity contribution in [1.29, 1.82) is 0 Å². The highest BCUT2D eigenvalue weighted by Crippen LogP contribution is 2.15. The SMILES string of the molecule is CC(OCC1CCCO1)C(=O)NCCOCc1ccccc1Cl. The van der Waals surface area contributed by atoms with Crippen molar-refractivity contribution >= 4 is 17.5 Å². The third kappa shape index (κ3) is 6.47. The standard InChI is InChI=1S/C17H24ClNO4/c1-13(23-12-15-6-4-9-22-15)17(20)19-8-10-21-11-14-5-2-3-7-16(14)18/h2-3,5,7,13,15H,4,6,8-12H2,1H3,(H,19,20). The van der Waals surface area contributed by atoms with Crippen LogP contribution in [-0.4, -0.2) is 44.5 Å². The fourth-order valence-corrected chi connectivity index (χ4v) is 2.48. The fourth-order valence-electron chi connectivity index (χ4n) is 2.29. The molecule has 1 fully saturated rings. The van der Waals surface area contributed by atoms with E-state index >= 15 is 0 Å². The van der Waals surface area contributed by atoms with E-state index in [-0.39, 0.29) is 12.0 Å². The van der Waals surface area contributed by atoms with Gasteiger partial charge in [0, 0.05) is 18.2 Å². The molecule has 0 spiro atoms. The van der Waals surface area contributed by atoms with Gasteiger partial charge < -0.3 is 19.5 Å². The Morgan fingerprint density at radius 3 is 3.04 bits per heavy atom. The summed E-state index contributed by atoms with van der Waals surface area (Å²) in [4.78, 5) is 11.9. The number of hydrogen-bond acceptors (Lipinski definition) is 4. The molecule has 1 aromatic carbocycles. The normalized spacial score (nSPS) is 18.8. The van der Waals surface area contributed by atoms with E-state index in [1.165, 1.54) is 0 Å². The maximum absolute atomic E-state index is 11.9. The number of nitrogens with one attached hydrogen (secondary N) is 1. The predicted octanol–water partition coefficient (Wildman–Crippen LogP) is 2.56. The van der Waals surface area contributed by atoms with E-state index < -0.39 is 6.10 Å². The number of rotatable bonds is 9. The zero-order valence-corrected chi connectivity index (χ0v) is 14.2. The molecule has 2 unspecified atom stereocenters. The summed E-state index contributed by atoms with van der Waals surface area (Å²) in [5, 5.41) is 3.48. The summed E-state index contributed by atoms with van der Waals surface area (Å²) in [6, 6.07) is 7.54. The van der Waals surface area contributed by atoms with Crippen molar-refractivity contribution in [1.82, 2.24) is 5.32 Å². The number of benzene rings is 1. The lowest BCUT2D eigenvalue weighted by molar-refractivity contribution is -0.134. The van der Waals surface area contributed by atoms with Crippen molar-refractivity contribution in [2.45, 2.75) is 38.6 Å². The first-order chi connectivity index (χ1) is 11.2. The molecule has 2 rings (SSSR count). The van der Waals surface area contributed by atoms with Crippen LogP contribution in [0.1, 0.15) is 25.3 Å². The van der Waals surface area contributed by atoms with Crippen molar-refractivity contribution in [3.63, 3.8) is 0 Å². The van der Waals surface area contributed by atoms with Gasteiger partial charge in [0.15, 0.2) is 0 Å². The van der Waals surface area contributed by atoms with E-state index in [1.807, 2.05) is 24.3 Å². The quantitative estimate of drug-likeness (QED) is 0.701. The Labute approximate surface area is 142 Å². The number of carbonyl (C=O) groups excluding carboxylic acids is 1. The molecule has 1 aromatic rings. The zero-order valence-electron chi connectivity index (χ0n) is 13.4. The van der Waals surface area contributed by atoms with Crippen LogP contribution in [0.25, 0.3) is 0 Å². The third-order valence-corrected chi connectivity index (χ3v) is 4.06. The van der Waals surface area contributed by atoms with Crippen molar-refractivity contribution in [2.24, 2.45) is 0 Å². The van der Waals surface area contributed by atoms with Gasteiger partial charge in [0.05, 0.1) is 25.9 Å². The summed E-state index contributed by atoms with van der Waals surface area (Å²) in [5.74, 6) is -0.135. The highest BCUT2D eigenvalue weighted by Gasteiger charge is 2.19. The highest BCUT2D eigenvalue weighted by atomic mass is 35.5. The van der Waals surface area contributed by atoms with Gasteiger partial charge >= 0.3 is 0 Å². The number of ether oxygens (including phenoxy) is 3. The van der Waals surface area contributed by atoms with E-state index in [2.05, 4.69) is 5.32 Å². The first-order valence-electron chi connectivity index (χ1n) is 7.99. The molecule has 1 amide bonds. The van der Waals surface area contributed by atoms with E-state index in [1.54, 1.807) is 6.92 Å². The molecule has 0 radical (unpaired) electrons. The molecular weight excluding hydrogens is 318 g/mol. The first kappa shape index (κ1) is 18.2. The fraction of sp³-hybridized carbons (Fsp3) is 0.588. The van der Waals surface area contributed by atoms with E-state index in [0.717, 1.165) is 25.0 Å². The second-order valence-corrected chi connectivity index (χ2v) is 5.95. The lowest BCUT2D eigenvalue weighted by atomic mass is 10.2. The second kappa shape index (κ2) is 9.88. The summed E-state index contributed by atoms with van der Waals surface area (Å²) in [6.45, 7) is 4.30. The molecular formula is C17H24ClNO4. The molecule has 1 N–H and O–H groups in total. The lowest BCUT2D eigenvalue weighted by Crippen LogP contribution is -2.37. The molecule has 0 saturated carbocycles. The van der Waals surface area contributed by atoms with Crippen molar-refractivity contribution in [3.05, 3.63) is 34.9 Å². The minimum atomic E-state index is -0.484. The van der Waals surface area contributed by atoms with E-state index in [4.69, 9.17) is 25.8 Å². The van der Waals surface area contributed by atoms with Gasteiger partial charge in [-0.25, -0.2) is 0 Å². The largest absolute Gasteiger partial charge is 0.376 e. The van der Waals surface area contributed by atoms with Gasteiger partial charge in [0.25, 0.3) is 0 Å². The van der Waals surface area contributed by atoms with Gasteiger partial charge in [-0.2, -0.15) is 0 Å². The van der Waals surface area contributed by atoms with Crippen LogP contribution in [0, 0.1) is 0 Å².